The molecule has 0 radical (unpaired) electrons. The normalized spacial score (nSPS) is 13.4. The van der Waals surface area contributed by atoms with Gasteiger partial charge in [0, 0.05) is 0 Å². The second-order valence-electron chi connectivity index (χ2n) is 5.34. The highest BCUT2D eigenvalue weighted by Crippen LogP contribution is 2.35. The highest BCUT2D eigenvalue weighted by molar-refractivity contribution is 7.89. The van der Waals surface area contributed by atoms with Gasteiger partial charge in [0.05, 0.1) is 15.5 Å². The van der Waals surface area contributed by atoms with E-state index in [0.717, 1.165) is 12.1 Å². The van der Waals surface area contributed by atoms with Gasteiger partial charge in [-0.1, -0.05) is 41.9 Å². The molecule has 0 aliphatic heterocycles. The van der Waals surface area contributed by atoms with Crippen molar-refractivity contribution in [2.24, 2.45) is 0 Å². The average Bonchev–Trinajstić information content (AvgIpc) is 2.54. The van der Waals surface area contributed by atoms with E-state index in [1.54, 1.807) is 30.3 Å². The van der Waals surface area contributed by atoms with Gasteiger partial charge in [-0.25, -0.2) is 8.42 Å². The summed E-state index contributed by atoms with van der Waals surface area (Å²) in [6, 6.07) is 8.71. The van der Waals surface area contributed by atoms with E-state index in [4.69, 9.17) is 11.6 Å². The zero-order valence-corrected chi connectivity index (χ0v) is 14.6. The van der Waals surface area contributed by atoms with E-state index in [1.165, 1.54) is 0 Å². The van der Waals surface area contributed by atoms with Crippen molar-refractivity contribution in [2.75, 3.05) is 0 Å². The summed E-state index contributed by atoms with van der Waals surface area (Å²) in [5.41, 5.74) is -0.772. The smallest absolute Gasteiger partial charge is 0.417 e. The zero-order valence-electron chi connectivity index (χ0n) is 13.0. The predicted octanol–water partition coefficient (Wildman–Crippen LogP) is 3.33. The lowest BCUT2D eigenvalue weighted by Gasteiger charge is -2.16. The van der Waals surface area contributed by atoms with Crippen molar-refractivity contribution in [3.8, 4) is 0 Å². The van der Waals surface area contributed by atoms with Crippen LogP contribution < -0.4 is 4.72 Å². The van der Waals surface area contributed by atoms with Crippen LogP contribution in [-0.2, 0) is 27.4 Å². The fraction of sp³-hybridized carbons (Fsp3) is 0.188. The molecule has 0 fully saturated rings. The van der Waals surface area contributed by atoms with Crippen LogP contribution >= 0.6 is 11.6 Å². The maximum atomic E-state index is 12.9. The highest BCUT2D eigenvalue weighted by atomic mass is 35.5. The Labute approximate surface area is 152 Å². The first-order valence-corrected chi connectivity index (χ1v) is 9.02. The summed E-state index contributed by atoms with van der Waals surface area (Å²) in [6.07, 6.45) is -5.02. The number of halogens is 4. The van der Waals surface area contributed by atoms with Gasteiger partial charge in [0.2, 0.25) is 10.0 Å². The third-order valence-corrected chi connectivity index (χ3v) is 5.23. The Morgan fingerprint density at radius 2 is 1.77 bits per heavy atom. The predicted molar refractivity (Wildman–Crippen MR) is 88.3 cm³/mol. The van der Waals surface area contributed by atoms with E-state index >= 15 is 0 Å². The van der Waals surface area contributed by atoms with Crippen molar-refractivity contribution in [3.63, 3.8) is 0 Å². The molecule has 26 heavy (non-hydrogen) atoms. The second kappa shape index (κ2) is 7.65. The molecule has 0 saturated heterocycles. The van der Waals surface area contributed by atoms with E-state index < -0.39 is 43.7 Å². The van der Waals surface area contributed by atoms with E-state index in [-0.39, 0.29) is 6.42 Å². The van der Waals surface area contributed by atoms with Crippen molar-refractivity contribution in [3.05, 3.63) is 64.7 Å². The lowest BCUT2D eigenvalue weighted by Crippen LogP contribution is -2.42. The third kappa shape index (κ3) is 4.96. The van der Waals surface area contributed by atoms with Crippen LogP contribution in [0.4, 0.5) is 13.2 Å². The number of sulfonamides is 1. The summed E-state index contributed by atoms with van der Waals surface area (Å²) in [4.78, 5) is 10.6. The summed E-state index contributed by atoms with van der Waals surface area (Å²) in [6.45, 7) is 0. The Kier molecular flexibility index (Phi) is 5.94. The van der Waals surface area contributed by atoms with Crippen LogP contribution in [0.1, 0.15) is 11.1 Å². The Morgan fingerprint density at radius 3 is 2.31 bits per heavy atom. The summed E-state index contributed by atoms with van der Waals surface area (Å²) < 4.78 is 65.3. The Hall–Kier alpha value is -2.10. The number of benzene rings is 2. The number of carboxylic acids is 1. The van der Waals surface area contributed by atoms with E-state index in [2.05, 4.69) is 0 Å². The number of hydrogen-bond acceptors (Lipinski definition) is 3. The summed E-state index contributed by atoms with van der Waals surface area (Å²) in [5, 5.41) is 8.59. The summed E-state index contributed by atoms with van der Waals surface area (Å²) in [7, 11) is -4.51. The lowest BCUT2D eigenvalue weighted by molar-refractivity contribution is -0.139. The average molecular weight is 408 g/mol. The van der Waals surface area contributed by atoms with Crippen molar-refractivity contribution in [1.29, 1.82) is 0 Å². The minimum atomic E-state index is -4.85. The number of rotatable bonds is 6. The number of carboxylic acid groups (broad SMARTS) is 1. The van der Waals surface area contributed by atoms with Gasteiger partial charge in [-0.2, -0.15) is 17.9 Å². The van der Waals surface area contributed by atoms with Gasteiger partial charge in [0.1, 0.15) is 6.04 Å². The second-order valence-corrected chi connectivity index (χ2v) is 7.46. The minimum absolute atomic E-state index is 0.172. The molecule has 0 aromatic heterocycles. The van der Waals surface area contributed by atoms with E-state index in [9.17, 15) is 31.5 Å². The maximum Gasteiger partial charge on any atom is 0.417 e. The van der Waals surface area contributed by atoms with Crippen LogP contribution in [0.15, 0.2) is 53.4 Å². The highest BCUT2D eigenvalue weighted by Gasteiger charge is 2.35. The fourth-order valence-corrected chi connectivity index (χ4v) is 3.61. The number of aliphatic carboxylic acids is 1. The van der Waals surface area contributed by atoms with Crippen molar-refractivity contribution >= 4 is 27.6 Å². The van der Waals surface area contributed by atoms with Gasteiger partial charge in [0.25, 0.3) is 0 Å². The molecule has 140 valence electrons. The molecule has 2 rings (SSSR count). The van der Waals surface area contributed by atoms with Gasteiger partial charge < -0.3 is 5.11 Å². The SMILES string of the molecule is O=C(O)[C@H](Cc1ccccc1)NS(=O)(=O)c1ccc(Cl)c(C(F)(F)F)c1. The molecule has 0 heterocycles. The molecule has 5 nitrogen and oxygen atoms in total. The molecule has 0 aliphatic rings. The minimum Gasteiger partial charge on any atom is -0.480 e. The molecule has 1 atom stereocenters. The summed E-state index contributed by atoms with van der Waals surface area (Å²) >= 11 is 5.47. The molecule has 0 aliphatic carbocycles. The number of alkyl halides is 3. The van der Waals surface area contributed by atoms with E-state index in [0.29, 0.717) is 11.6 Å². The lowest BCUT2D eigenvalue weighted by atomic mass is 10.1. The molecule has 2 aromatic rings. The third-order valence-electron chi connectivity index (χ3n) is 3.43. The molecule has 2 aromatic carbocycles. The first-order chi connectivity index (χ1) is 12.0. The molecule has 10 heteroatoms. The molecular weight excluding hydrogens is 395 g/mol. The van der Waals surface area contributed by atoms with Gasteiger partial charge in [-0.3, -0.25) is 4.79 Å². The van der Waals surface area contributed by atoms with Crippen LogP contribution in [0.25, 0.3) is 0 Å². The Balaban J connectivity index is 2.32. The zero-order chi connectivity index (χ0) is 19.5. The first kappa shape index (κ1) is 20.2. The molecule has 0 bridgehead atoms. The summed E-state index contributed by atoms with van der Waals surface area (Å²) in [5.74, 6) is -1.46. The molecule has 0 unspecified atom stereocenters. The number of carbonyl (C=O) groups is 1. The van der Waals surface area contributed by atoms with Gasteiger partial charge >= 0.3 is 12.1 Å². The van der Waals surface area contributed by atoms with Crippen molar-refractivity contribution < 1.29 is 31.5 Å². The van der Waals surface area contributed by atoms with Gasteiger partial charge in [-0.15, -0.1) is 0 Å². The standard InChI is InChI=1S/C16H13ClF3NO4S/c17-13-7-6-11(9-12(13)16(18,19)20)26(24,25)21-14(15(22)23)8-10-4-2-1-3-5-10/h1-7,9,14,21H,8H2,(H,22,23)/t14-/m0/s1. The molecule has 0 amide bonds. The first-order valence-electron chi connectivity index (χ1n) is 7.16. The number of nitrogens with one attached hydrogen (secondary N) is 1. The van der Waals surface area contributed by atoms with Gasteiger partial charge in [0.15, 0.2) is 0 Å². The molecular formula is C16H13ClF3NO4S. The van der Waals surface area contributed by atoms with E-state index in [1.807, 2.05) is 4.72 Å². The topological polar surface area (TPSA) is 83.5 Å². The van der Waals surface area contributed by atoms with Crippen molar-refractivity contribution in [1.82, 2.24) is 4.72 Å². The van der Waals surface area contributed by atoms with Crippen LogP contribution in [0.5, 0.6) is 0 Å². The fourth-order valence-electron chi connectivity index (χ4n) is 2.17. The Morgan fingerprint density at radius 1 is 1.15 bits per heavy atom. The quantitative estimate of drug-likeness (QED) is 0.769. The van der Waals surface area contributed by atoms with Crippen LogP contribution in [0.2, 0.25) is 5.02 Å². The van der Waals surface area contributed by atoms with Crippen LogP contribution in [-0.4, -0.2) is 25.5 Å². The molecule has 2 N–H and O–H groups in total. The van der Waals surface area contributed by atoms with Gasteiger partial charge in [-0.05, 0) is 30.2 Å². The largest absolute Gasteiger partial charge is 0.480 e. The monoisotopic (exact) mass is 407 g/mol. The molecule has 0 saturated carbocycles. The van der Waals surface area contributed by atoms with Crippen molar-refractivity contribution in [2.45, 2.75) is 23.5 Å². The molecule has 0 spiro atoms. The van der Waals surface area contributed by atoms with Crippen LogP contribution in [0, 0.1) is 0 Å². The number of hydrogen-bond donors (Lipinski definition) is 2. The maximum absolute atomic E-state index is 12.9. The van der Waals surface area contributed by atoms with Crippen LogP contribution in [0.3, 0.4) is 0 Å². The Bertz CT molecular complexity index is 901.